The minimum Gasteiger partial charge on any atom is -0.346 e. The van der Waals surface area contributed by atoms with Crippen molar-refractivity contribution in [3.63, 3.8) is 0 Å². The minimum atomic E-state index is -0.226. The van der Waals surface area contributed by atoms with Crippen molar-refractivity contribution in [2.45, 2.75) is 26.7 Å². The normalized spacial score (nSPS) is 10.1. The van der Waals surface area contributed by atoms with Crippen LogP contribution in [0.4, 0.5) is 5.69 Å². The van der Waals surface area contributed by atoms with Gasteiger partial charge >= 0.3 is 0 Å². The van der Waals surface area contributed by atoms with Gasteiger partial charge < -0.3 is 16.0 Å². The molecular formula is C15H23N3O2. The van der Waals surface area contributed by atoms with Crippen molar-refractivity contribution < 1.29 is 9.59 Å². The molecule has 0 saturated heterocycles. The smallest absolute Gasteiger partial charge is 0.243 e. The first kappa shape index (κ1) is 16.2. The molecule has 0 aliphatic rings. The molecular weight excluding hydrogens is 254 g/mol. The van der Waals surface area contributed by atoms with Crippen LogP contribution in [0.2, 0.25) is 0 Å². The molecule has 0 saturated carbocycles. The van der Waals surface area contributed by atoms with Crippen LogP contribution in [0.3, 0.4) is 0 Å². The molecule has 1 rings (SSSR count). The molecule has 0 fully saturated rings. The number of carbonyl (C=O) groups is 2. The van der Waals surface area contributed by atoms with Gasteiger partial charge in [0.05, 0.1) is 13.1 Å². The summed E-state index contributed by atoms with van der Waals surface area (Å²) < 4.78 is 0. The summed E-state index contributed by atoms with van der Waals surface area (Å²) in [6.07, 6.45) is 2.13. The molecule has 5 heteroatoms. The van der Waals surface area contributed by atoms with Gasteiger partial charge in [-0.05, 0) is 32.0 Å². The lowest BCUT2D eigenvalue weighted by molar-refractivity contribution is -0.123. The Morgan fingerprint density at radius 2 is 1.75 bits per heavy atom. The molecule has 3 N–H and O–H groups in total. The summed E-state index contributed by atoms with van der Waals surface area (Å²) in [6, 6.07) is 7.51. The summed E-state index contributed by atoms with van der Waals surface area (Å²) in [7, 11) is 0. The molecule has 0 atom stereocenters. The van der Waals surface area contributed by atoms with Crippen molar-refractivity contribution in [2.75, 3.05) is 25.0 Å². The number of hydrogen-bond acceptors (Lipinski definition) is 3. The maximum Gasteiger partial charge on any atom is 0.243 e. The Kier molecular flexibility index (Phi) is 7.35. The van der Waals surface area contributed by atoms with E-state index >= 15 is 0 Å². The highest BCUT2D eigenvalue weighted by molar-refractivity contribution is 5.94. The topological polar surface area (TPSA) is 70.2 Å². The third kappa shape index (κ3) is 6.89. The number of hydrogen-bond donors (Lipinski definition) is 3. The highest BCUT2D eigenvalue weighted by atomic mass is 16.2. The van der Waals surface area contributed by atoms with E-state index in [2.05, 4.69) is 22.9 Å². The monoisotopic (exact) mass is 277 g/mol. The van der Waals surface area contributed by atoms with Crippen LogP contribution >= 0.6 is 0 Å². The first-order chi connectivity index (χ1) is 9.61. The zero-order valence-electron chi connectivity index (χ0n) is 12.2. The van der Waals surface area contributed by atoms with Gasteiger partial charge in [0.1, 0.15) is 0 Å². The van der Waals surface area contributed by atoms with E-state index in [4.69, 9.17) is 0 Å². The summed E-state index contributed by atoms with van der Waals surface area (Å²) in [4.78, 5) is 23.1. The van der Waals surface area contributed by atoms with Gasteiger partial charge in [0.25, 0.3) is 0 Å². The van der Waals surface area contributed by atoms with Crippen LogP contribution in [0.25, 0.3) is 0 Å². The molecule has 0 heterocycles. The van der Waals surface area contributed by atoms with Crippen LogP contribution in [-0.2, 0) is 9.59 Å². The van der Waals surface area contributed by atoms with Crippen molar-refractivity contribution in [3.05, 3.63) is 29.8 Å². The number of unbranched alkanes of at least 4 members (excludes halogenated alkanes) is 1. The molecule has 0 aliphatic heterocycles. The van der Waals surface area contributed by atoms with E-state index in [9.17, 15) is 9.59 Å². The first-order valence-electron chi connectivity index (χ1n) is 6.95. The minimum absolute atomic E-state index is 0.0117. The molecule has 1 aromatic carbocycles. The number of benzene rings is 1. The molecule has 0 aromatic heterocycles. The average molecular weight is 277 g/mol. The van der Waals surface area contributed by atoms with Crippen molar-refractivity contribution in [1.29, 1.82) is 0 Å². The van der Waals surface area contributed by atoms with Crippen LogP contribution in [0.15, 0.2) is 24.3 Å². The lowest BCUT2D eigenvalue weighted by Gasteiger charge is -2.08. The number of nitrogens with one attached hydrogen (secondary N) is 3. The van der Waals surface area contributed by atoms with Gasteiger partial charge in [-0.1, -0.05) is 31.0 Å². The molecule has 5 nitrogen and oxygen atoms in total. The number of anilines is 1. The lowest BCUT2D eigenvalue weighted by atomic mass is 10.2. The third-order valence-corrected chi connectivity index (χ3v) is 2.77. The summed E-state index contributed by atoms with van der Waals surface area (Å²) in [5, 5.41) is 8.33. The van der Waals surface area contributed by atoms with E-state index in [0.29, 0.717) is 0 Å². The van der Waals surface area contributed by atoms with Crippen molar-refractivity contribution in [1.82, 2.24) is 10.6 Å². The maximum absolute atomic E-state index is 11.6. The quantitative estimate of drug-likeness (QED) is 0.630. The zero-order chi connectivity index (χ0) is 14.8. The highest BCUT2D eigenvalue weighted by Gasteiger charge is 2.05. The second kappa shape index (κ2) is 9.09. The van der Waals surface area contributed by atoms with Crippen molar-refractivity contribution in [3.8, 4) is 0 Å². The SMILES string of the molecule is CCCCNCC(=O)NCC(=O)Nc1ccc(C)cc1. The molecule has 1 aromatic rings. The van der Waals surface area contributed by atoms with Crippen LogP contribution in [0.1, 0.15) is 25.3 Å². The van der Waals surface area contributed by atoms with Gasteiger partial charge in [0.15, 0.2) is 0 Å². The molecule has 20 heavy (non-hydrogen) atoms. The van der Waals surface area contributed by atoms with Crippen LogP contribution in [-0.4, -0.2) is 31.4 Å². The van der Waals surface area contributed by atoms with Gasteiger partial charge in [-0.2, -0.15) is 0 Å². The molecule has 2 amide bonds. The Bertz CT molecular complexity index is 429. The Balaban J connectivity index is 2.19. The fraction of sp³-hybridized carbons (Fsp3) is 0.467. The zero-order valence-corrected chi connectivity index (χ0v) is 12.2. The van der Waals surface area contributed by atoms with Gasteiger partial charge in [-0.25, -0.2) is 0 Å². The van der Waals surface area contributed by atoms with E-state index in [0.717, 1.165) is 30.6 Å². The highest BCUT2D eigenvalue weighted by Crippen LogP contribution is 2.07. The molecule has 110 valence electrons. The molecule has 0 bridgehead atoms. The standard InChI is InChI=1S/C15H23N3O2/c1-3-4-9-16-10-14(19)17-11-15(20)18-13-7-5-12(2)6-8-13/h5-8,16H,3-4,9-11H2,1-2H3,(H,17,19)(H,18,20). The second-order valence-corrected chi connectivity index (χ2v) is 4.72. The van der Waals surface area contributed by atoms with Crippen LogP contribution in [0.5, 0.6) is 0 Å². The summed E-state index contributed by atoms with van der Waals surface area (Å²) >= 11 is 0. The summed E-state index contributed by atoms with van der Waals surface area (Å²) in [6.45, 7) is 5.13. The fourth-order valence-corrected chi connectivity index (χ4v) is 1.59. The van der Waals surface area contributed by atoms with Gasteiger partial charge in [0.2, 0.25) is 11.8 Å². The summed E-state index contributed by atoms with van der Waals surface area (Å²) in [5.41, 5.74) is 1.87. The number of carbonyl (C=O) groups excluding carboxylic acids is 2. The fourth-order valence-electron chi connectivity index (χ4n) is 1.59. The van der Waals surface area contributed by atoms with Gasteiger partial charge in [-0.3, -0.25) is 9.59 Å². The molecule has 0 aliphatic carbocycles. The second-order valence-electron chi connectivity index (χ2n) is 4.72. The van der Waals surface area contributed by atoms with E-state index in [1.807, 2.05) is 31.2 Å². The molecule has 0 unspecified atom stereocenters. The number of aryl methyl sites for hydroxylation is 1. The Labute approximate surface area is 120 Å². The Morgan fingerprint density at radius 1 is 1.05 bits per heavy atom. The Hall–Kier alpha value is -1.88. The molecule has 0 radical (unpaired) electrons. The number of rotatable bonds is 8. The largest absolute Gasteiger partial charge is 0.346 e. The van der Waals surface area contributed by atoms with Crippen LogP contribution < -0.4 is 16.0 Å². The average Bonchev–Trinajstić information content (AvgIpc) is 2.44. The van der Waals surface area contributed by atoms with E-state index in [1.165, 1.54) is 0 Å². The lowest BCUT2D eigenvalue weighted by Crippen LogP contribution is -2.38. The number of amides is 2. The van der Waals surface area contributed by atoms with E-state index in [1.54, 1.807) is 0 Å². The first-order valence-corrected chi connectivity index (χ1v) is 6.95. The maximum atomic E-state index is 11.6. The van der Waals surface area contributed by atoms with E-state index in [-0.39, 0.29) is 24.9 Å². The predicted molar refractivity (Wildman–Crippen MR) is 80.6 cm³/mol. The predicted octanol–water partition coefficient (Wildman–Crippen LogP) is 1.44. The third-order valence-electron chi connectivity index (χ3n) is 2.77. The van der Waals surface area contributed by atoms with E-state index < -0.39 is 0 Å². The Morgan fingerprint density at radius 3 is 2.40 bits per heavy atom. The van der Waals surface area contributed by atoms with Gasteiger partial charge in [-0.15, -0.1) is 0 Å². The van der Waals surface area contributed by atoms with Crippen LogP contribution in [0, 0.1) is 6.92 Å². The van der Waals surface area contributed by atoms with Crippen molar-refractivity contribution in [2.24, 2.45) is 0 Å². The van der Waals surface area contributed by atoms with Gasteiger partial charge in [0, 0.05) is 5.69 Å². The van der Waals surface area contributed by atoms with Crippen molar-refractivity contribution >= 4 is 17.5 Å². The molecule has 0 spiro atoms. The summed E-state index contributed by atoms with van der Waals surface area (Å²) in [5.74, 6) is -0.393.